The minimum absolute atomic E-state index is 0. The second-order valence-electron chi connectivity index (χ2n) is 8.02. The lowest BCUT2D eigenvalue weighted by Crippen LogP contribution is -2.40. The van der Waals surface area contributed by atoms with E-state index in [2.05, 4.69) is 52.1 Å². The molecule has 0 aliphatic heterocycles. The number of hydrogen-bond donors (Lipinski definition) is 3. The van der Waals surface area contributed by atoms with E-state index in [1.165, 1.54) is 5.56 Å². The molecule has 1 unspecified atom stereocenters. The highest BCUT2D eigenvalue weighted by Crippen LogP contribution is 2.13. The van der Waals surface area contributed by atoms with Crippen molar-refractivity contribution in [2.24, 2.45) is 4.99 Å². The van der Waals surface area contributed by atoms with Crippen molar-refractivity contribution in [3.8, 4) is 0 Å². The van der Waals surface area contributed by atoms with Gasteiger partial charge in [-0.2, -0.15) is 0 Å². The van der Waals surface area contributed by atoms with Crippen molar-refractivity contribution in [2.45, 2.75) is 45.7 Å². The normalized spacial score (nSPS) is 12.5. The molecule has 2 rings (SSSR count). The number of benzene rings is 2. The molecule has 29 heavy (non-hydrogen) atoms. The van der Waals surface area contributed by atoms with E-state index in [1.54, 1.807) is 7.05 Å². The van der Waals surface area contributed by atoms with Gasteiger partial charge >= 0.3 is 0 Å². The Balaban J connectivity index is 0.00000420. The molecule has 2 aromatic rings. The lowest BCUT2D eigenvalue weighted by atomic mass is 10.0. The molecule has 0 radical (unpaired) electrons. The van der Waals surface area contributed by atoms with Crippen LogP contribution in [0.25, 0.3) is 0 Å². The predicted molar refractivity (Wildman–Crippen MR) is 132 cm³/mol. The summed E-state index contributed by atoms with van der Waals surface area (Å²) in [6, 6.07) is 18.1. The summed E-state index contributed by atoms with van der Waals surface area (Å²) < 4.78 is 0. The molecule has 6 heteroatoms. The minimum Gasteiger partial charge on any atom is -0.356 e. The van der Waals surface area contributed by atoms with Gasteiger partial charge in [0.25, 0.3) is 5.91 Å². The van der Waals surface area contributed by atoms with Crippen molar-refractivity contribution in [3.63, 3.8) is 0 Å². The van der Waals surface area contributed by atoms with Crippen molar-refractivity contribution in [3.05, 3.63) is 71.3 Å². The fourth-order valence-electron chi connectivity index (χ4n) is 2.79. The van der Waals surface area contributed by atoms with Crippen LogP contribution in [0.3, 0.4) is 0 Å². The van der Waals surface area contributed by atoms with E-state index in [0.29, 0.717) is 18.0 Å². The highest BCUT2D eigenvalue weighted by Gasteiger charge is 2.15. The van der Waals surface area contributed by atoms with Gasteiger partial charge in [0.05, 0.1) is 0 Å². The third-order valence-electron chi connectivity index (χ3n) is 4.31. The number of nitrogens with one attached hydrogen (secondary N) is 3. The van der Waals surface area contributed by atoms with Gasteiger partial charge in [-0.1, -0.05) is 49.4 Å². The van der Waals surface area contributed by atoms with Crippen LogP contribution in [-0.2, 0) is 6.54 Å². The van der Waals surface area contributed by atoms with E-state index in [0.717, 1.165) is 18.1 Å². The van der Waals surface area contributed by atoms with Crippen LogP contribution < -0.4 is 16.0 Å². The highest BCUT2D eigenvalue weighted by molar-refractivity contribution is 14.0. The van der Waals surface area contributed by atoms with Gasteiger partial charge in [0.2, 0.25) is 0 Å². The van der Waals surface area contributed by atoms with Gasteiger partial charge in [-0.25, -0.2) is 0 Å². The van der Waals surface area contributed by atoms with Crippen LogP contribution in [0.2, 0.25) is 0 Å². The van der Waals surface area contributed by atoms with Crippen LogP contribution in [0.1, 0.15) is 55.1 Å². The predicted octanol–water partition coefficient (Wildman–Crippen LogP) is 4.30. The monoisotopic (exact) mass is 508 g/mol. The van der Waals surface area contributed by atoms with Crippen LogP contribution >= 0.6 is 24.0 Å². The topological polar surface area (TPSA) is 65.5 Å². The number of guanidine groups is 1. The Morgan fingerprint density at radius 3 is 2.34 bits per heavy atom. The molecular formula is C23H33IN4O. The second-order valence-corrected chi connectivity index (χ2v) is 8.02. The van der Waals surface area contributed by atoms with E-state index in [1.807, 2.05) is 51.1 Å². The number of nitrogens with zero attached hydrogens (tertiary/aromatic N) is 1. The summed E-state index contributed by atoms with van der Waals surface area (Å²) >= 11 is 0. The molecule has 0 spiro atoms. The van der Waals surface area contributed by atoms with Crippen LogP contribution in [0.5, 0.6) is 0 Å². The maximum atomic E-state index is 12.4. The van der Waals surface area contributed by atoms with Crippen LogP contribution in [0, 0.1) is 0 Å². The summed E-state index contributed by atoms with van der Waals surface area (Å²) in [5.74, 6) is 1.06. The molecule has 0 aliphatic carbocycles. The fraction of sp³-hybridized carbons (Fsp3) is 0.391. The van der Waals surface area contributed by atoms with Gasteiger partial charge in [-0.05, 0) is 49.9 Å². The Hall–Kier alpha value is -2.09. The van der Waals surface area contributed by atoms with Gasteiger partial charge in [0.1, 0.15) is 0 Å². The minimum atomic E-state index is -0.257. The second kappa shape index (κ2) is 11.8. The first-order valence-electron chi connectivity index (χ1n) is 9.69. The lowest BCUT2D eigenvalue weighted by molar-refractivity contribution is 0.0919. The van der Waals surface area contributed by atoms with Gasteiger partial charge in [-0.15, -0.1) is 24.0 Å². The Bertz CT molecular complexity index is 800. The summed E-state index contributed by atoms with van der Waals surface area (Å²) in [7, 11) is 1.76. The smallest absolute Gasteiger partial charge is 0.251 e. The van der Waals surface area contributed by atoms with E-state index < -0.39 is 0 Å². The molecule has 0 saturated heterocycles. The molecule has 2 aromatic carbocycles. The Labute approximate surface area is 191 Å². The summed E-state index contributed by atoms with van der Waals surface area (Å²) in [6.07, 6.45) is 0. The first-order valence-corrected chi connectivity index (χ1v) is 9.69. The molecule has 0 aromatic heterocycles. The molecule has 0 fully saturated rings. The summed E-state index contributed by atoms with van der Waals surface area (Å²) in [4.78, 5) is 16.6. The summed E-state index contributed by atoms with van der Waals surface area (Å²) in [5.41, 5.74) is 2.73. The Morgan fingerprint density at radius 2 is 1.72 bits per heavy atom. The molecular weight excluding hydrogens is 475 g/mol. The number of rotatable bonds is 6. The molecule has 1 amide bonds. The first kappa shape index (κ1) is 24.9. The van der Waals surface area contributed by atoms with E-state index in [-0.39, 0.29) is 35.4 Å². The molecule has 5 nitrogen and oxygen atoms in total. The zero-order valence-corrected chi connectivity index (χ0v) is 20.3. The number of hydrogen-bond acceptors (Lipinski definition) is 2. The number of carbonyl (C=O) groups excluding carboxylic acids is 1. The number of amides is 1. The van der Waals surface area contributed by atoms with Crippen LogP contribution in [-0.4, -0.2) is 31.0 Å². The highest BCUT2D eigenvalue weighted by atomic mass is 127. The van der Waals surface area contributed by atoms with Crippen molar-refractivity contribution in [1.82, 2.24) is 16.0 Å². The van der Waals surface area contributed by atoms with Crippen LogP contribution in [0.4, 0.5) is 0 Å². The number of halogens is 1. The van der Waals surface area contributed by atoms with Gasteiger partial charge < -0.3 is 16.0 Å². The maximum absolute atomic E-state index is 12.4. The molecule has 158 valence electrons. The molecule has 3 N–H and O–H groups in total. The summed E-state index contributed by atoms with van der Waals surface area (Å²) in [6.45, 7) is 9.49. The van der Waals surface area contributed by atoms with Gasteiger partial charge in [0, 0.05) is 31.2 Å². The van der Waals surface area contributed by atoms with E-state index in [9.17, 15) is 4.79 Å². The lowest BCUT2D eigenvalue weighted by Gasteiger charge is -2.20. The Morgan fingerprint density at radius 1 is 1.03 bits per heavy atom. The molecule has 1 atom stereocenters. The average Bonchev–Trinajstić information content (AvgIpc) is 2.67. The van der Waals surface area contributed by atoms with Crippen molar-refractivity contribution in [2.75, 3.05) is 13.6 Å². The first-order chi connectivity index (χ1) is 13.3. The zero-order valence-electron chi connectivity index (χ0n) is 18.0. The number of aliphatic imine (C=N–C) groups is 1. The van der Waals surface area contributed by atoms with Gasteiger partial charge in [0.15, 0.2) is 5.96 Å². The fourth-order valence-corrected chi connectivity index (χ4v) is 2.79. The quantitative estimate of drug-likeness (QED) is 0.310. The van der Waals surface area contributed by atoms with Crippen molar-refractivity contribution >= 4 is 35.8 Å². The average molecular weight is 508 g/mol. The Kier molecular flexibility index (Phi) is 10.2. The standard InChI is InChI=1S/C23H32N4O.HI/c1-17(19-11-7-6-8-12-19)15-25-22(24-5)26-16-18-10-9-13-20(14-18)21(28)27-23(2,3)4;/h6-14,17H,15-16H2,1-5H3,(H,27,28)(H2,24,25,26);1H. The SMILES string of the molecule is CN=C(NCc1cccc(C(=O)NC(C)(C)C)c1)NCC(C)c1ccccc1.I. The molecule has 0 heterocycles. The zero-order chi connectivity index (χ0) is 20.6. The molecule has 0 bridgehead atoms. The molecule has 0 aliphatic rings. The van der Waals surface area contributed by atoms with Gasteiger partial charge in [-0.3, -0.25) is 9.79 Å². The third kappa shape index (κ3) is 8.85. The largest absolute Gasteiger partial charge is 0.356 e. The summed E-state index contributed by atoms with van der Waals surface area (Å²) in [5, 5.41) is 9.67. The van der Waals surface area contributed by atoms with E-state index >= 15 is 0 Å². The third-order valence-corrected chi connectivity index (χ3v) is 4.31. The van der Waals surface area contributed by atoms with Crippen molar-refractivity contribution < 1.29 is 4.79 Å². The maximum Gasteiger partial charge on any atom is 0.251 e. The van der Waals surface area contributed by atoms with Crippen molar-refractivity contribution in [1.29, 1.82) is 0 Å². The van der Waals surface area contributed by atoms with Crippen LogP contribution in [0.15, 0.2) is 59.6 Å². The number of carbonyl (C=O) groups is 1. The molecule has 0 saturated carbocycles. The van der Waals surface area contributed by atoms with E-state index in [4.69, 9.17) is 0 Å².